The summed E-state index contributed by atoms with van der Waals surface area (Å²) in [5.41, 5.74) is 0. The fourth-order valence-electron chi connectivity index (χ4n) is 6.74. The van der Waals surface area contributed by atoms with Gasteiger partial charge in [-0.25, -0.2) is 4.57 Å². The average Bonchev–Trinajstić information content (AvgIpc) is 3.18. The third-order valence-electron chi connectivity index (χ3n) is 10.3. The van der Waals surface area contributed by atoms with E-state index in [1.165, 1.54) is 148 Å². The van der Waals surface area contributed by atoms with Gasteiger partial charge in [-0.15, -0.1) is 0 Å². The predicted octanol–water partition coefficient (Wildman–Crippen LogP) is 13.5. The standard InChI is InChI=1S/C47H87O9P/c1-3-5-7-9-11-13-15-17-18-19-20-21-22-23-24-26-28-30-32-34-36-40-47(50)56-45(43-55-57(51,52)53)42-54-46(49)41-37-39-44(48)38-35-33-31-29-27-25-16-14-12-10-8-6-4-2/h25,27,31,33,35,38,44-45,48H,3-24,26,28-30,32,34,36-37,39-43H2,1-2H3,(H2,51,52,53)/b27-25+,33-31+,38-35+/t44?,45-/m1/s1. The summed E-state index contributed by atoms with van der Waals surface area (Å²) in [4.78, 5) is 43.0. The average molecular weight is 827 g/mol. The normalized spacial score (nSPS) is 13.3. The first-order chi connectivity index (χ1) is 27.7. The van der Waals surface area contributed by atoms with E-state index in [4.69, 9.17) is 19.3 Å². The summed E-state index contributed by atoms with van der Waals surface area (Å²) in [6, 6.07) is 0. The molecule has 0 rings (SSSR count). The minimum Gasteiger partial charge on any atom is -0.462 e. The lowest BCUT2D eigenvalue weighted by Crippen LogP contribution is -2.29. The van der Waals surface area contributed by atoms with Crippen LogP contribution >= 0.6 is 7.82 Å². The molecule has 0 fully saturated rings. The number of carbonyl (C=O) groups excluding carboxylic acids is 2. The summed E-state index contributed by atoms with van der Waals surface area (Å²) in [7, 11) is -4.80. The zero-order valence-corrected chi connectivity index (χ0v) is 37.5. The van der Waals surface area contributed by atoms with Crippen molar-refractivity contribution in [3.63, 3.8) is 0 Å². The molecule has 0 amide bonds. The molecule has 0 heterocycles. The number of phosphoric ester groups is 1. The Morgan fingerprint density at radius 1 is 0.544 bits per heavy atom. The van der Waals surface area contributed by atoms with Crippen LogP contribution in [0.15, 0.2) is 36.5 Å². The molecular weight excluding hydrogens is 739 g/mol. The fraction of sp³-hybridized carbons (Fsp3) is 0.830. The van der Waals surface area contributed by atoms with Crippen LogP contribution in [0.1, 0.15) is 226 Å². The quantitative estimate of drug-likeness (QED) is 0.0180. The molecule has 0 aliphatic carbocycles. The minimum absolute atomic E-state index is 0.0452. The lowest BCUT2D eigenvalue weighted by atomic mass is 10.0. The van der Waals surface area contributed by atoms with Crippen molar-refractivity contribution in [2.45, 2.75) is 238 Å². The Morgan fingerprint density at radius 2 is 1.00 bits per heavy atom. The molecule has 10 heteroatoms. The smallest absolute Gasteiger partial charge is 0.462 e. The Hall–Kier alpha value is -1.77. The third-order valence-corrected chi connectivity index (χ3v) is 10.8. The summed E-state index contributed by atoms with van der Waals surface area (Å²) in [5.74, 6) is -1.07. The van der Waals surface area contributed by atoms with Crippen molar-refractivity contribution < 1.29 is 43.0 Å². The van der Waals surface area contributed by atoms with E-state index in [0.717, 1.165) is 32.1 Å². The highest BCUT2D eigenvalue weighted by atomic mass is 31.2. The molecule has 57 heavy (non-hydrogen) atoms. The number of aliphatic hydroxyl groups excluding tert-OH is 1. The lowest BCUT2D eigenvalue weighted by Gasteiger charge is -2.18. The number of rotatable bonds is 43. The molecule has 334 valence electrons. The van der Waals surface area contributed by atoms with E-state index in [-0.39, 0.29) is 19.4 Å². The molecule has 0 aromatic heterocycles. The summed E-state index contributed by atoms with van der Waals surface area (Å²) < 4.78 is 26.3. The second-order valence-corrected chi connectivity index (χ2v) is 17.2. The summed E-state index contributed by atoms with van der Waals surface area (Å²) in [6.45, 7) is 3.55. The molecule has 0 saturated carbocycles. The molecule has 9 nitrogen and oxygen atoms in total. The second-order valence-electron chi connectivity index (χ2n) is 15.9. The monoisotopic (exact) mass is 827 g/mol. The van der Waals surface area contributed by atoms with Gasteiger partial charge in [0.1, 0.15) is 6.61 Å². The number of phosphoric acid groups is 1. The molecule has 0 aliphatic heterocycles. The number of carbonyl (C=O) groups is 2. The third kappa shape index (κ3) is 45.2. The van der Waals surface area contributed by atoms with Crippen LogP contribution < -0.4 is 0 Å². The van der Waals surface area contributed by atoms with Gasteiger partial charge < -0.3 is 24.4 Å². The SMILES string of the molecule is CCCCCCCC/C=C/C/C=C/C=C/C(O)CCCC(=O)OC[C@H](COP(=O)(O)O)OC(=O)CCCCCCCCCCCCCCCCCCCCCCC. The number of unbranched alkanes of at least 4 members (excludes halogenated alkanes) is 26. The maximum atomic E-state index is 12.5. The molecule has 0 spiro atoms. The Kier molecular flexibility index (Phi) is 41.0. The second kappa shape index (κ2) is 42.4. The summed E-state index contributed by atoms with van der Waals surface area (Å²) in [6.07, 6.45) is 47.6. The molecule has 0 radical (unpaired) electrons. The Balaban J connectivity index is 3.98. The van der Waals surface area contributed by atoms with Crippen LogP contribution in [-0.4, -0.2) is 52.3 Å². The first-order valence-electron chi connectivity index (χ1n) is 23.4. The van der Waals surface area contributed by atoms with E-state index in [2.05, 4.69) is 30.5 Å². The van der Waals surface area contributed by atoms with Crippen molar-refractivity contribution in [3.05, 3.63) is 36.5 Å². The van der Waals surface area contributed by atoms with Gasteiger partial charge in [-0.2, -0.15) is 0 Å². The Labute approximate surface area is 349 Å². The van der Waals surface area contributed by atoms with E-state index in [1.54, 1.807) is 12.2 Å². The molecule has 3 N–H and O–H groups in total. The molecular formula is C47H87O9P. The number of hydrogen-bond acceptors (Lipinski definition) is 7. The largest absolute Gasteiger partial charge is 0.469 e. The Bertz CT molecular complexity index is 1040. The van der Waals surface area contributed by atoms with Crippen molar-refractivity contribution in [3.8, 4) is 0 Å². The number of hydrogen-bond donors (Lipinski definition) is 3. The van der Waals surface area contributed by atoms with Crippen LogP contribution in [0.25, 0.3) is 0 Å². The lowest BCUT2D eigenvalue weighted by molar-refractivity contribution is -0.161. The van der Waals surface area contributed by atoms with E-state index >= 15 is 0 Å². The first-order valence-corrected chi connectivity index (χ1v) is 24.9. The van der Waals surface area contributed by atoms with Gasteiger partial charge in [0.15, 0.2) is 6.10 Å². The highest BCUT2D eigenvalue weighted by Gasteiger charge is 2.23. The van der Waals surface area contributed by atoms with Gasteiger partial charge in [-0.05, 0) is 38.5 Å². The summed E-state index contributed by atoms with van der Waals surface area (Å²) >= 11 is 0. The maximum absolute atomic E-state index is 12.5. The maximum Gasteiger partial charge on any atom is 0.469 e. The molecule has 0 saturated heterocycles. The van der Waals surface area contributed by atoms with Crippen molar-refractivity contribution in [2.24, 2.45) is 0 Å². The fourth-order valence-corrected chi connectivity index (χ4v) is 7.10. The number of allylic oxidation sites excluding steroid dienone is 5. The molecule has 0 aliphatic rings. The van der Waals surface area contributed by atoms with Crippen molar-refractivity contribution in [1.82, 2.24) is 0 Å². The van der Waals surface area contributed by atoms with E-state index in [0.29, 0.717) is 19.3 Å². The Morgan fingerprint density at radius 3 is 1.49 bits per heavy atom. The van der Waals surface area contributed by atoms with Gasteiger partial charge >= 0.3 is 19.8 Å². The highest BCUT2D eigenvalue weighted by molar-refractivity contribution is 7.46. The van der Waals surface area contributed by atoms with Gasteiger partial charge in [-0.3, -0.25) is 14.1 Å². The zero-order chi connectivity index (χ0) is 41.9. The first kappa shape index (κ1) is 55.2. The van der Waals surface area contributed by atoms with Gasteiger partial charge in [0, 0.05) is 12.8 Å². The van der Waals surface area contributed by atoms with Crippen LogP contribution in [0.3, 0.4) is 0 Å². The zero-order valence-electron chi connectivity index (χ0n) is 36.6. The van der Waals surface area contributed by atoms with E-state index < -0.39 is 38.6 Å². The minimum atomic E-state index is -4.80. The molecule has 2 atom stereocenters. The molecule has 1 unspecified atom stereocenters. The predicted molar refractivity (Wildman–Crippen MR) is 236 cm³/mol. The number of esters is 2. The number of ether oxygens (including phenoxy) is 2. The van der Waals surface area contributed by atoms with E-state index in [9.17, 15) is 19.3 Å². The molecule has 0 bridgehead atoms. The van der Waals surface area contributed by atoms with Crippen molar-refractivity contribution in [1.29, 1.82) is 0 Å². The molecule has 0 aromatic carbocycles. The topological polar surface area (TPSA) is 140 Å². The van der Waals surface area contributed by atoms with Crippen LogP contribution in [0.4, 0.5) is 0 Å². The van der Waals surface area contributed by atoms with Crippen molar-refractivity contribution in [2.75, 3.05) is 13.2 Å². The molecule has 0 aromatic rings. The van der Waals surface area contributed by atoms with Gasteiger partial charge in [-0.1, -0.05) is 211 Å². The van der Waals surface area contributed by atoms with E-state index in [1.807, 2.05) is 12.2 Å². The van der Waals surface area contributed by atoms with Gasteiger partial charge in [0.05, 0.1) is 12.7 Å². The van der Waals surface area contributed by atoms with Crippen LogP contribution in [-0.2, 0) is 28.2 Å². The van der Waals surface area contributed by atoms with Crippen molar-refractivity contribution >= 4 is 19.8 Å². The van der Waals surface area contributed by atoms with Crippen LogP contribution in [0, 0.1) is 0 Å². The summed E-state index contributed by atoms with van der Waals surface area (Å²) in [5, 5.41) is 10.2. The highest BCUT2D eigenvalue weighted by Crippen LogP contribution is 2.36. The van der Waals surface area contributed by atoms with Crippen LogP contribution in [0.2, 0.25) is 0 Å². The van der Waals surface area contributed by atoms with Gasteiger partial charge in [0.2, 0.25) is 0 Å². The number of aliphatic hydroxyl groups is 1. The van der Waals surface area contributed by atoms with Gasteiger partial charge in [0.25, 0.3) is 0 Å². The van der Waals surface area contributed by atoms with Crippen LogP contribution in [0.5, 0.6) is 0 Å².